The first-order valence-corrected chi connectivity index (χ1v) is 6.50. The van der Waals surface area contributed by atoms with Crippen molar-refractivity contribution in [2.45, 2.75) is 38.9 Å². The molecule has 2 rings (SSSR count). The number of aryl methyl sites for hydroxylation is 1. The maximum absolute atomic E-state index is 11.4. The molecule has 0 bridgehead atoms. The van der Waals surface area contributed by atoms with Crippen molar-refractivity contribution in [2.75, 3.05) is 13.2 Å². The molecule has 2 heterocycles. The Hall–Kier alpha value is -1.37. The molecule has 1 unspecified atom stereocenters. The largest absolute Gasteiger partial charge is 0.453 e. The fourth-order valence-electron chi connectivity index (χ4n) is 2.14. The van der Waals surface area contributed by atoms with Gasteiger partial charge in [-0.15, -0.1) is 0 Å². The Labute approximate surface area is 112 Å². The van der Waals surface area contributed by atoms with Crippen LogP contribution in [0.1, 0.15) is 41.1 Å². The van der Waals surface area contributed by atoms with Crippen molar-refractivity contribution in [1.82, 2.24) is 5.43 Å². The van der Waals surface area contributed by atoms with Crippen LogP contribution in [-0.4, -0.2) is 25.2 Å². The van der Waals surface area contributed by atoms with Crippen molar-refractivity contribution in [2.24, 2.45) is 5.84 Å². The molecule has 0 aliphatic carbocycles. The highest BCUT2D eigenvalue weighted by Crippen LogP contribution is 2.17. The lowest BCUT2D eigenvalue weighted by Crippen LogP contribution is -2.30. The summed E-state index contributed by atoms with van der Waals surface area (Å²) in [5.41, 5.74) is 2.80. The molecular formula is C13H20N2O4. The number of nitrogens with one attached hydrogen (secondary N) is 1. The number of amides is 1. The average Bonchev–Trinajstić information content (AvgIpc) is 2.80. The van der Waals surface area contributed by atoms with E-state index in [0.717, 1.165) is 25.0 Å². The molecule has 1 aromatic rings. The molecule has 1 fully saturated rings. The molecular weight excluding hydrogens is 248 g/mol. The zero-order valence-corrected chi connectivity index (χ0v) is 11.1. The number of carbonyl (C=O) groups is 1. The van der Waals surface area contributed by atoms with Crippen LogP contribution >= 0.6 is 0 Å². The molecule has 6 heteroatoms. The molecule has 0 radical (unpaired) electrons. The Balaban J connectivity index is 1.81. The second kappa shape index (κ2) is 6.70. The lowest BCUT2D eigenvalue weighted by molar-refractivity contribution is -0.0472. The van der Waals surface area contributed by atoms with Crippen molar-refractivity contribution < 1.29 is 18.7 Å². The zero-order chi connectivity index (χ0) is 13.7. The summed E-state index contributed by atoms with van der Waals surface area (Å²) >= 11 is 0. The monoisotopic (exact) mass is 268 g/mol. The van der Waals surface area contributed by atoms with Gasteiger partial charge >= 0.3 is 5.91 Å². The summed E-state index contributed by atoms with van der Waals surface area (Å²) in [6.07, 6.45) is 3.54. The summed E-state index contributed by atoms with van der Waals surface area (Å²) < 4.78 is 16.5. The van der Waals surface area contributed by atoms with Crippen molar-refractivity contribution in [1.29, 1.82) is 0 Å². The minimum absolute atomic E-state index is 0.177. The molecule has 1 amide bonds. The molecule has 0 spiro atoms. The van der Waals surface area contributed by atoms with Gasteiger partial charge in [0.2, 0.25) is 0 Å². The molecule has 0 aromatic carbocycles. The highest BCUT2D eigenvalue weighted by atomic mass is 16.5. The van der Waals surface area contributed by atoms with E-state index in [0.29, 0.717) is 19.0 Å². The fraction of sp³-hybridized carbons (Fsp3) is 0.615. The predicted octanol–water partition coefficient (Wildman–Crippen LogP) is 1.28. The second-order valence-corrected chi connectivity index (χ2v) is 4.70. The summed E-state index contributed by atoms with van der Waals surface area (Å²) in [5.74, 6) is 5.49. The van der Waals surface area contributed by atoms with Gasteiger partial charge in [0.1, 0.15) is 12.4 Å². The molecule has 106 valence electrons. The Bertz CT molecular complexity index is 424. The minimum Gasteiger partial charge on any atom is -0.453 e. The van der Waals surface area contributed by atoms with Crippen LogP contribution in [0.2, 0.25) is 0 Å². The molecule has 1 aliphatic rings. The lowest BCUT2D eigenvalue weighted by atomic mass is 10.1. The third-order valence-corrected chi connectivity index (χ3v) is 3.13. The van der Waals surface area contributed by atoms with Crippen LogP contribution in [0.15, 0.2) is 10.5 Å². The van der Waals surface area contributed by atoms with Crippen LogP contribution < -0.4 is 11.3 Å². The van der Waals surface area contributed by atoms with E-state index >= 15 is 0 Å². The van der Waals surface area contributed by atoms with Crippen molar-refractivity contribution in [3.63, 3.8) is 0 Å². The van der Waals surface area contributed by atoms with Gasteiger partial charge in [0.05, 0.1) is 12.7 Å². The summed E-state index contributed by atoms with van der Waals surface area (Å²) in [7, 11) is 0. The lowest BCUT2D eigenvalue weighted by Gasteiger charge is -2.21. The number of carbonyl (C=O) groups excluding carboxylic acids is 1. The Kier molecular flexibility index (Phi) is 4.95. The molecule has 1 aliphatic heterocycles. The third-order valence-electron chi connectivity index (χ3n) is 3.13. The van der Waals surface area contributed by atoms with E-state index < -0.39 is 5.91 Å². The van der Waals surface area contributed by atoms with Gasteiger partial charge in [-0.3, -0.25) is 10.2 Å². The van der Waals surface area contributed by atoms with Gasteiger partial charge in [0, 0.05) is 12.2 Å². The molecule has 1 aromatic heterocycles. The third kappa shape index (κ3) is 3.79. The Morgan fingerprint density at radius 3 is 3.11 bits per heavy atom. The predicted molar refractivity (Wildman–Crippen MR) is 68.3 cm³/mol. The number of rotatable bonds is 5. The first kappa shape index (κ1) is 14.0. The number of ether oxygens (including phenoxy) is 2. The number of nitrogen functional groups attached to an aromatic ring is 1. The van der Waals surface area contributed by atoms with E-state index in [1.165, 1.54) is 6.42 Å². The molecule has 19 heavy (non-hydrogen) atoms. The van der Waals surface area contributed by atoms with Crippen LogP contribution in [-0.2, 0) is 16.1 Å². The minimum atomic E-state index is -0.431. The zero-order valence-electron chi connectivity index (χ0n) is 11.1. The normalized spacial score (nSPS) is 19.4. The van der Waals surface area contributed by atoms with E-state index in [4.69, 9.17) is 19.7 Å². The second-order valence-electron chi connectivity index (χ2n) is 4.70. The summed E-state index contributed by atoms with van der Waals surface area (Å²) in [6.45, 7) is 3.49. The van der Waals surface area contributed by atoms with E-state index in [1.54, 1.807) is 13.0 Å². The first-order chi connectivity index (χ1) is 9.20. The van der Waals surface area contributed by atoms with Crippen molar-refractivity contribution in [3.8, 4) is 0 Å². The van der Waals surface area contributed by atoms with Gasteiger partial charge in [0.15, 0.2) is 5.76 Å². The molecule has 1 atom stereocenters. The topological polar surface area (TPSA) is 86.7 Å². The maximum atomic E-state index is 11.4. The van der Waals surface area contributed by atoms with Crippen LogP contribution in [0.5, 0.6) is 0 Å². The molecule has 3 N–H and O–H groups in total. The molecule has 1 saturated heterocycles. The summed E-state index contributed by atoms with van der Waals surface area (Å²) in [6, 6.07) is 1.78. The van der Waals surface area contributed by atoms with Gasteiger partial charge in [-0.05, 0) is 32.3 Å². The smallest absolute Gasteiger partial charge is 0.301 e. The summed E-state index contributed by atoms with van der Waals surface area (Å²) in [5, 5.41) is 0. The highest BCUT2D eigenvalue weighted by molar-refractivity contribution is 5.92. The number of hydrazine groups is 1. The van der Waals surface area contributed by atoms with Crippen molar-refractivity contribution in [3.05, 3.63) is 23.2 Å². The number of hydrogen-bond acceptors (Lipinski definition) is 5. The van der Waals surface area contributed by atoms with E-state index in [1.807, 2.05) is 5.43 Å². The van der Waals surface area contributed by atoms with Crippen LogP contribution in [0, 0.1) is 6.92 Å². The SMILES string of the molecule is Cc1cc(COCC2CCCCO2)oc1C(=O)NN. The van der Waals surface area contributed by atoms with Crippen LogP contribution in [0.4, 0.5) is 0 Å². The standard InChI is InChI=1S/C13H20N2O4/c1-9-6-11(19-12(9)13(16)15-14)8-17-7-10-4-2-3-5-18-10/h6,10H,2-5,7-8,14H2,1H3,(H,15,16). The van der Waals surface area contributed by atoms with E-state index in [-0.39, 0.29) is 11.9 Å². The first-order valence-electron chi connectivity index (χ1n) is 6.50. The quantitative estimate of drug-likeness (QED) is 0.477. The maximum Gasteiger partial charge on any atom is 0.301 e. The van der Waals surface area contributed by atoms with Crippen LogP contribution in [0.3, 0.4) is 0 Å². The number of nitrogens with two attached hydrogens (primary N) is 1. The molecule has 6 nitrogen and oxygen atoms in total. The van der Waals surface area contributed by atoms with Crippen LogP contribution in [0.25, 0.3) is 0 Å². The van der Waals surface area contributed by atoms with Gasteiger partial charge in [0.25, 0.3) is 0 Å². The van der Waals surface area contributed by atoms with Gasteiger partial charge in [-0.2, -0.15) is 0 Å². The fourth-order valence-corrected chi connectivity index (χ4v) is 2.14. The number of hydrogen-bond donors (Lipinski definition) is 2. The molecule has 0 saturated carbocycles. The Morgan fingerprint density at radius 2 is 2.42 bits per heavy atom. The average molecular weight is 268 g/mol. The van der Waals surface area contributed by atoms with E-state index in [2.05, 4.69) is 0 Å². The van der Waals surface area contributed by atoms with Gasteiger partial charge in [-0.1, -0.05) is 0 Å². The number of furan rings is 1. The van der Waals surface area contributed by atoms with Gasteiger partial charge in [-0.25, -0.2) is 5.84 Å². The van der Waals surface area contributed by atoms with Crippen molar-refractivity contribution >= 4 is 5.91 Å². The van der Waals surface area contributed by atoms with E-state index in [9.17, 15) is 4.79 Å². The highest BCUT2D eigenvalue weighted by Gasteiger charge is 2.16. The summed E-state index contributed by atoms with van der Waals surface area (Å²) in [4.78, 5) is 11.4. The Morgan fingerprint density at radius 1 is 1.58 bits per heavy atom. The van der Waals surface area contributed by atoms with Gasteiger partial charge < -0.3 is 13.9 Å².